The first-order valence-electron chi connectivity index (χ1n) is 3.31. The monoisotopic (exact) mass is 275 g/mol. The van der Waals surface area contributed by atoms with Crippen LogP contribution in [0.25, 0.3) is 0 Å². The number of alkyl halides is 3. The van der Waals surface area contributed by atoms with E-state index < -0.39 is 22.8 Å². The van der Waals surface area contributed by atoms with E-state index in [1.165, 1.54) is 0 Å². The second-order valence-electron chi connectivity index (χ2n) is 2.39. The van der Waals surface area contributed by atoms with Crippen LogP contribution in [0.2, 0.25) is 0 Å². The van der Waals surface area contributed by atoms with Gasteiger partial charge in [0.1, 0.15) is 5.69 Å². The Morgan fingerprint density at radius 2 is 1.71 bits per heavy atom. The summed E-state index contributed by atoms with van der Waals surface area (Å²) in [7, 11) is 0. The fourth-order valence-corrected chi connectivity index (χ4v) is 1.24. The summed E-state index contributed by atoms with van der Waals surface area (Å²) in [4.78, 5) is 0. The van der Waals surface area contributed by atoms with Gasteiger partial charge in [-0.05, 0) is 23.5 Å². The average molecular weight is 276 g/mol. The smallest absolute Gasteiger partial charge is 0.166 e. The highest BCUT2D eigenvalue weighted by Crippen LogP contribution is 2.38. The normalized spacial score (nSPS) is 11.6. The summed E-state index contributed by atoms with van der Waals surface area (Å²) >= 11 is 2.77. The van der Waals surface area contributed by atoms with Gasteiger partial charge in [-0.1, -0.05) is 24.9 Å². The second-order valence-corrected chi connectivity index (χ2v) is 3.31. The van der Waals surface area contributed by atoms with Gasteiger partial charge in [0.25, 0.3) is 0 Å². The van der Waals surface area contributed by atoms with E-state index in [2.05, 4.69) is 15.9 Å². The first kappa shape index (κ1) is 11.2. The maximum atomic E-state index is 12.2. The van der Waals surface area contributed by atoms with Gasteiger partial charge in [0.05, 0.1) is 5.56 Å². The van der Waals surface area contributed by atoms with Crippen molar-refractivity contribution < 1.29 is 22.1 Å². The molecule has 1 rings (SSSR count). The third-order valence-electron chi connectivity index (χ3n) is 1.45. The van der Waals surface area contributed by atoms with Crippen molar-refractivity contribution in [2.24, 2.45) is 0 Å². The molecule has 0 heterocycles. The first-order valence-corrected chi connectivity index (χ1v) is 4.10. The van der Waals surface area contributed by atoms with Crippen molar-refractivity contribution in [2.45, 2.75) is 6.18 Å². The Morgan fingerprint density at radius 3 is 2.14 bits per heavy atom. The zero-order valence-corrected chi connectivity index (χ0v) is 8.03. The molecule has 78 valence electrons. The molecular weight excluding hydrogens is 273 g/mol. The van der Waals surface area contributed by atoms with Crippen molar-refractivity contribution in [1.29, 1.82) is 0 Å². The summed E-state index contributed by atoms with van der Waals surface area (Å²) in [5.74, 6) is 0. The van der Waals surface area contributed by atoms with Crippen LogP contribution in [-0.4, -0.2) is 0 Å². The lowest BCUT2D eigenvalue weighted by molar-refractivity contribution is -0.137. The van der Waals surface area contributed by atoms with Crippen molar-refractivity contribution in [1.82, 2.24) is 0 Å². The largest absolute Gasteiger partial charge is 0.418 e. The SMILES string of the molecule is FN(F)c1ccc(Br)cc1C(F)(F)F. The van der Waals surface area contributed by atoms with Crippen molar-refractivity contribution >= 4 is 21.6 Å². The summed E-state index contributed by atoms with van der Waals surface area (Å²) < 4.78 is 60.7. The molecule has 0 radical (unpaired) electrons. The zero-order valence-electron chi connectivity index (χ0n) is 6.45. The first-order chi connectivity index (χ1) is 6.32. The van der Waals surface area contributed by atoms with Gasteiger partial charge in [0.15, 0.2) is 0 Å². The third kappa shape index (κ3) is 2.34. The molecule has 0 aliphatic heterocycles. The van der Waals surface area contributed by atoms with Crippen LogP contribution in [-0.2, 0) is 6.18 Å². The molecule has 7 heteroatoms. The van der Waals surface area contributed by atoms with E-state index in [9.17, 15) is 22.1 Å². The standard InChI is InChI=1S/C7H3BrF5N/c8-4-1-2-6(14(12)13)5(3-4)7(9,10)11/h1-3H. The lowest BCUT2D eigenvalue weighted by Gasteiger charge is -2.12. The Morgan fingerprint density at radius 1 is 1.14 bits per heavy atom. The number of nitrogens with zero attached hydrogens (tertiary/aromatic N) is 1. The molecule has 1 aromatic rings. The van der Waals surface area contributed by atoms with Gasteiger partial charge in [0, 0.05) is 4.47 Å². The van der Waals surface area contributed by atoms with Crippen LogP contribution in [0.3, 0.4) is 0 Å². The number of rotatable bonds is 1. The lowest BCUT2D eigenvalue weighted by atomic mass is 10.2. The van der Waals surface area contributed by atoms with Gasteiger partial charge >= 0.3 is 6.18 Å². The Bertz CT molecular complexity index is 335. The molecule has 0 bridgehead atoms. The predicted octanol–water partition coefficient (Wildman–Crippen LogP) is 4.04. The van der Waals surface area contributed by atoms with E-state index in [4.69, 9.17) is 0 Å². The molecule has 1 aromatic carbocycles. The quantitative estimate of drug-likeness (QED) is 0.552. The fourth-order valence-electron chi connectivity index (χ4n) is 0.883. The molecule has 0 N–H and O–H groups in total. The maximum absolute atomic E-state index is 12.2. The highest BCUT2D eigenvalue weighted by molar-refractivity contribution is 9.10. The van der Waals surface area contributed by atoms with Crippen LogP contribution in [0.15, 0.2) is 22.7 Å². The van der Waals surface area contributed by atoms with E-state index >= 15 is 0 Å². The summed E-state index contributed by atoms with van der Waals surface area (Å²) in [5.41, 5.74) is -2.54. The molecule has 0 aliphatic rings. The number of hydrogen-bond acceptors (Lipinski definition) is 1. The van der Waals surface area contributed by atoms with E-state index in [1.807, 2.05) is 0 Å². The highest BCUT2D eigenvalue weighted by Gasteiger charge is 2.35. The average Bonchev–Trinajstić information content (AvgIpc) is 2.01. The number of halogens is 6. The molecule has 0 fully saturated rings. The van der Waals surface area contributed by atoms with Crippen LogP contribution in [0, 0.1) is 0 Å². The Labute approximate surface area is 84.1 Å². The van der Waals surface area contributed by atoms with Crippen molar-refractivity contribution in [3.63, 3.8) is 0 Å². The summed E-state index contributed by atoms with van der Waals surface area (Å²) in [6, 6.07) is 2.39. The van der Waals surface area contributed by atoms with Crippen molar-refractivity contribution in [2.75, 3.05) is 5.34 Å². The third-order valence-corrected chi connectivity index (χ3v) is 1.94. The molecule has 14 heavy (non-hydrogen) atoms. The maximum Gasteiger partial charge on any atom is 0.418 e. The minimum absolute atomic E-state index is 0.0930. The van der Waals surface area contributed by atoms with Gasteiger partial charge < -0.3 is 0 Å². The van der Waals surface area contributed by atoms with Crippen LogP contribution in [0.5, 0.6) is 0 Å². The van der Waals surface area contributed by atoms with Gasteiger partial charge in [0.2, 0.25) is 0 Å². The molecule has 0 aliphatic carbocycles. The zero-order chi connectivity index (χ0) is 10.9. The molecule has 0 amide bonds. The molecular formula is C7H3BrF5N. The van der Waals surface area contributed by atoms with E-state index in [0.717, 1.165) is 6.07 Å². The molecule has 1 nitrogen and oxygen atoms in total. The molecule has 0 aromatic heterocycles. The highest BCUT2D eigenvalue weighted by atomic mass is 79.9. The Kier molecular flexibility index (Phi) is 2.98. The Balaban J connectivity index is 3.30. The van der Waals surface area contributed by atoms with Crippen LogP contribution < -0.4 is 5.34 Å². The number of anilines is 1. The van der Waals surface area contributed by atoms with Crippen LogP contribution in [0.1, 0.15) is 5.56 Å². The van der Waals surface area contributed by atoms with Gasteiger partial charge in [-0.15, -0.1) is 0 Å². The van der Waals surface area contributed by atoms with Crippen molar-refractivity contribution in [3.05, 3.63) is 28.2 Å². The summed E-state index contributed by atoms with van der Waals surface area (Å²) in [6.45, 7) is 0. The summed E-state index contributed by atoms with van der Waals surface area (Å²) in [5, 5.41) is -1.56. The number of hydrogen-bond donors (Lipinski definition) is 0. The van der Waals surface area contributed by atoms with Gasteiger partial charge in [-0.25, -0.2) is 0 Å². The topological polar surface area (TPSA) is 3.24 Å². The minimum atomic E-state index is -4.80. The van der Waals surface area contributed by atoms with Crippen LogP contribution >= 0.6 is 15.9 Å². The summed E-state index contributed by atoms with van der Waals surface area (Å²) in [6.07, 6.45) is -4.80. The van der Waals surface area contributed by atoms with Crippen molar-refractivity contribution in [3.8, 4) is 0 Å². The van der Waals surface area contributed by atoms with E-state index in [-0.39, 0.29) is 4.47 Å². The van der Waals surface area contributed by atoms with Gasteiger partial charge in [-0.3, -0.25) is 0 Å². The second kappa shape index (κ2) is 3.72. The molecule has 0 atom stereocenters. The van der Waals surface area contributed by atoms with Crippen LogP contribution in [0.4, 0.5) is 27.8 Å². The molecule has 0 unspecified atom stereocenters. The molecule has 0 saturated heterocycles. The Hall–Kier alpha value is -0.850. The lowest BCUT2D eigenvalue weighted by Crippen LogP contribution is -2.10. The fraction of sp³-hybridized carbons (Fsp3) is 0.143. The minimum Gasteiger partial charge on any atom is -0.166 e. The van der Waals surface area contributed by atoms with Gasteiger partial charge in [-0.2, -0.15) is 13.2 Å². The molecule has 0 saturated carbocycles. The predicted molar refractivity (Wildman–Crippen MR) is 43.8 cm³/mol. The van der Waals surface area contributed by atoms with E-state index in [0.29, 0.717) is 12.1 Å². The van der Waals surface area contributed by atoms with E-state index in [1.54, 1.807) is 0 Å². The number of benzene rings is 1. The molecule has 0 spiro atoms.